The summed E-state index contributed by atoms with van der Waals surface area (Å²) < 4.78 is 42.1. The van der Waals surface area contributed by atoms with Crippen LogP contribution in [0.2, 0.25) is 0 Å². The van der Waals surface area contributed by atoms with Crippen LogP contribution in [0.25, 0.3) is 0 Å². The number of fused-ring (bicyclic) bond motifs is 1. The van der Waals surface area contributed by atoms with Crippen molar-refractivity contribution in [2.45, 2.75) is 12.6 Å². The van der Waals surface area contributed by atoms with Gasteiger partial charge in [-0.3, -0.25) is 4.79 Å². The lowest BCUT2D eigenvalue weighted by molar-refractivity contribution is -0.182. The Kier molecular flexibility index (Phi) is 2.73. The van der Waals surface area contributed by atoms with Gasteiger partial charge in [0.25, 0.3) is 0 Å². The third-order valence-corrected chi connectivity index (χ3v) is 2.60. The number of likely N-dealkylation sites (N-methyl/N-ethyl adjacent to an activating group) is 1. The number of ether oxygens (including phenoxy) is 1. The Morgan fingerprint density at radius 1 is 1.47 bits per heavy atom. The lowest BCUT2D eigenvalue weighted by Crippen LogP contribution is -2.38. The molecular weight excluding hydrogens is 235 g/mol. The van der Waals surface area contributed by atoms with Gasteiger partial charge in [-0.1, -0.05) is 6.08 Å². The predicted molar refractivity (Wildman–Crippen MR) is 53.6 cm³/mol. The van der Waals surface area contributed by atoms with Crippen LogP contribution < -0.4 is 0 Å². The monoisotopic (exact) mass is 245 g/mol. The fourth-order valence-corrected chi connectivity index (χ4v) is 1.76. The maximum atomic E-state index is 12.3. The van der Waals surface area contributed by atoms with E-state index in [9.17, 15) is 18.0 Å². The number of rotatable bonds is 1. The van der Waals surface area contributed by atoms with Crippen LogP contribution in [0.1, 0.15) is 6.42 Å². The topological polar surface area (TPSA) is 29.5 Å². The highest BCUT2D eigenvalue weighted by atomic mass is 19.4. The first-order valence-corrected chi connectivity index (χ1v) is 4.99. The number of hydrogen-bond acceptors (Lipinski definition) is 2. The third kappa shape index (κ3) is 2.07. The summed E-state index contributed by atoms with van der Waals surface area (Å²) in [6, 6.07) is 0. The van der Waals surface area contributed by atoms with Gasteiger partial charge in [-0.15, -0.1) is 0 Å². The van der Waals surface area contributed by atoms with Crippen molar-refractivity contribution in [1.29, 1.82) is 0 Å². The molecule has 0 N–H and O–H groups in total. The molecule has 0 spiro atoms. The number of allylic oxidation sites excluding steroid dienone is 3. The molecule has 0 saturated carbocycles. The smallest absolute Gasteiger partial charge is 0.471 e. The minimum absolute atomic E-state index is 0.155. The van der Waals surface area contributed by atoms with Gasteiger partial charge in [-0.2, -0.15) is 13.2 Å². The average Bonchev–Trinajstić information content (AvgIpc) is 2.73. The Morgan fingerprint density at radius 3 is 2.82 bits per heavy atom. The summed E-state index contributed by atoms with van der Waals surface area (Å²) >= 11 is 0. The molecule has 0 aromatic rings. The first-order chi connectivity index (χ1) is 7.91. The summed E-state index contributed by atoms with van der Waals surface area (Å²) in [6.07, 6.45) is 0.717. The number of carbonyl (C=O) groups excluding carboxylic acids is 1. The van der Waals surface area contributed by atoms with E-state index >= 15 is 0 Å². The highest BCUT2D eigenvalue weighted by molar-refractivity contribution is 5.84. The summed E-state index contributed by atoms with van der Waals surface area (Å²) in [6.45, 7) is 0.337. The fourth-order valence-electron chi connectivity index (χ4n) is 1.76. The van der Waals surface area contributed by atoms with E-state index in [2.05, 4.69) is 0 Å². The summed E-state index contributed by atoms with van der Waals surface area (Å²) in [5.74, 6) is -1.53. The highest BCUT2D eigenvalue weighted by Gasteiger charge is 2.43. The molecule has 0 unspecified atom stereocenters. The first-order valence-electron chi connectivity index (χ1n) is 4.99. The van der Waals surface area contributed by atoms with E-state index in [1.165, 1.54) is 6.08 Å². The van der Waals surface area contributed by atoms with Crippen LogP contribution in [-0.2, 0) is 9.53 Å². The average molecular weight is 245 g/mol. The zero-order valence-corrected chi connectivity index (χ0v) is 9.04. The summed E-state index contributed by atoms with van der Waals surface area (Å²) in [7, 11) is 1.09. The largest absolute Gasteiger partial charge is 0.487 e. The van der Waals surface area contributed by atoms with Crippen LogP contribution in [0.5, 0.6) is 0 Å². The summed E-state index contributed by atoms with van der Waals surface area (Å²) in [4.78, 5) is 11.7. The highest BCUT2D eigenvalue weighted by Crippen LogP contribution is 2.32. The van der Waals surface area contributed by atoms with Crippen molar-refractivity contribution in [2.24, 2.45) is 0 Å². The minimum atomic E-state index is -4.88. The molecule has 2 rings (SSSR count). The minimum Gasteiger partial charge on any atom is -0.487 e. The molecule has 0 radical (unpaired) electrons. The second-order valence-electron chi connectivity index (χ2n) is 3.72. The van der Waals surface area contributed by atoms with Gasteiger partial charge in [0.1, 0.15) is 12.4 Å². The molecule has 3 nitrogen and oxygen atoms in total. The van der Waals surface area contributed by atoms with Crippen molar-refractivity contribution in [1.82, 2.24) is 4.90 Å². The number of alkyl halides is 3. The molecular formula is C11H10F3NO2. The lowest BCUT2D eigenvalue weighted by atomic mass is 10.0. The standard InChI is InChI=1S/C11H10F3NO2/c1-15(10(16)11(12,13)14)8-4-2-3-7-5-6-17-9(7)8/h2,4-5H,3,6H2,1H3. The van der Waals surface area contributed by atoms with Gasteiger partial charge in [0.15, 0.2) is 0 Å². The molecule has 17 heavy (non-hydrogen) atoms. The molecule has 2 aliphatic rings. The van der Waals surface area contributed by atoms with Gasteiger partial charge in [0.2, 0.25) is 0 Å². The van der Waals surface area contributed by atoms with Crippen molar-refractivity contribution in [3.8, 4) is 0 Å². The van der Waals surface area contributed by atoms with E-state index in [0.717, 1.165) is 12.6 Å². The van der Waals surface area contributed by atoms with Crippen LogP contribution in [0.3, 0.4) is 0 Å². The normalized spacial score (nSPS) is 18.7. The van der Waals surface area contributed by atoms with Crippen LogP contribution >= 0.6 is 0 Å². The number of hydrogen-bond donors (Lipinski definition) is 0. The van der Waals surface area contributed by atoms with Gasteiger partial charge in [-0.25, -0.2) is 0 Å². The second kappa shape index (κ2) is 3.94. The van der Waals surface area contributed by atoms with E-state index in [1.807, 2.05) is 0 Å². The van der Waals surface area contributed by atoms with Gasteiger partial charge in [0, 0.05) is 7.05 Å². The SMILES string of the molecule is CN(C(=O)C(F)(F)F)C1=C2OCC=C2CC=C1. The predicted octanol–water partition coefficient (Wildman–Crippen LogP) is 2.14. The van der Waals surface area contributed by atoms with Crippen LogP contribution in [-0.4, -0.2) is 30.6 Å². The number of halogens is 3. The van der Waals surface area contributed by atoms with Crippen molar-refractivity contribution < 1.29 is 22.7 Å². The van der Waals surface area contributed by atoms with Crippen LogP contribution in [0.15, 0.2) is 35.3 Å². The Labute approximate surface area is 95.8 Å². The van der Waals surface area contributed by atoms with E-state index in [1.54, 1.807) is 12.2 Å². The van der Waals surface area contributed by atoms with Gasteiger partial charge in [0.05, 0.1) is 5.70 Å². The molecule has 1 heterocycles. The summed E-state index contributed by atoms with van der Waals surface area (Å²) in [5, 5.41) is 0. The van der Waals surface area contributed by atoms with Crippen molar-refractivity contribution in [3.05, 3.63) is 35.3 Å². The molecule has 0 bridgehead atoms. The molecule has 1 aliphatic carbocycles. The summed E-state index contributed by atoms with van der Waals surface area (Å²) in [5.41, 5.74) is 0.978. The maximum Gasteiger partial charge on any atom is 0.471 e. The molecule has 92 valence electrons. The molecule has 6 heteroatoms. The zero-order chi connectivity index (χ0) is 12.6. The maximum absolute atomic E-state index is 12.3. The zero-order valence-electron chi connectivity index (χ0n) is 9.04. The van der Waals surface area contributed by atoms with Gasteiger partial charge >= 0.3 is 12.1 Å². The number of nitrogens with zero attached hydrogens (tertiary/aromatic N) is 1. The fraction of sp³-hybridized carbons (Fsp3) is 0.364. The molecule has 1 aliphatic heterocycles. The number of amides is 1. The first kappa shape index (κ1) is 11.8. The van der Waals surface area contributed by atoms with Crippen molar-refractivity contribution >= 4 is 5.91 Å². The Hall–Kier alpha value is -1.72. The molecule has 0 saturated heterocycles. The molecule has 0 aromatic heterocycles. The molecule has 0 fully saturated rings. The van der Waals surface area contributed by atoms with Gasteiger partial charge < -0.3 is 9.64 Å². The van der Waals surface area contributed by atoms with Crippen molar-refractivity contribution in [2.75, 3.05) is 13.7 Å². The van der Waals surface area contributed by atoms with E-state index < -0.39 is 12.1 Å². The Bertz CT molecular complexity index is 446. The Balaban J connectivity index is 2.32. The molecule has 1 amide bonds. The lowest BCUT2D eigenvalue weighted by Gasteiger charge is -2.23. The van der Waals surface area contributed by atoms with Crippen molar-refractivity contribution in [3.63, 3.8) is 0 Å². The van der Waals surface area contributed by atoms with E-state index in [0.29, 0.717) is 23.7 Å². The van der Waals surface area contributed by atoms with Gasteiger partial charge in [-0.05, 0) is 24.1 Å². The Morgan fingerprint density at radius 2 is 2.18 bits per heavy atom. The van der Waals surface area contributed by atoms with E-state index in [-0.39, 0.29) is 5.70 Å². The van der Waals surface area contributed by atoms with E-state index in [4.69, 9.17) is 4.74 Å². The third-order valence-electron chi connectivity index (χ3n) is 2.60. The molecule has 0 aromatic carbocycles. The second-order valence-corrected chi connectivity index (χ2v) is 3.72. The van der Waals surface area contributed by atoms with Crippen LogP contribution in [0, 0.1) is 0 Å². The number of carbonyl (C=O) groups is 1. The van der Waals surface area contributed by atoms with Crippen LogP contribution in [0.4, 0.5) is 13.2 Å². The molecule has 0 atom stereocenters. The quantitative estimate of drug-likeness (QED) is 0.708.